The number of amides is 1. The molecule has 1 aromatic heterocycles. The number of nitrogens with zero attached hydrogens (tertiary/aromatic N) is 1. The second kappa shape index (κ2) is 7.89. The van der Waals surface area contributed by atoms with Crippen LogP contribution in [0.2, 0.25) is 0 Å². The maximum atomic E-state index is 13.2. The van der Waals surface area contributed by atoms with Crippen molar-refractivity contribution in [3.63, 3.8) is 0 Å². The van der Waals surface area contributed by atoms with Crippen LogP contribution in [0.4, 0.5) is 13.2 Å². The molecule has 3 fully saturated rings. The Kier molecular flexibility index (Phi) is 5.22. The van der Waals surface area contributed by atoms with Crippen LogP contribution in [0.1, 0.15) is 53.6 Å². The van der Waals surface area contributed by atoms with Gasteiger partial charge < -0.3 is 14.6 Å². The number of nitrogens with one attached hydrogen (secondary N) is 1. The van der Waals surface area contributed by atoms with Gasteiger partial charge >= 0.3 is 12.1 Å². The summed E-state index contributed by atoms with van der Waals surface area (Å²) < 4.78 is 45.2. The number of para-hydroxylation sites is 1. The van der Waals surface area contributed by atoms with Crippen molar-refractivity contribution in [1.82, 2.24) is 9.88 Å². The third-order valence-corrected chi connectivity index (χ3v) is 7.27. The standard InChI is InChI=1S/C26H25F3N2O3/c1-34-21(32)9-11-24-14-25(15-24,16-24)30-23(33)20-4-2-3-18-10-12-31(22(18)20)13-17-5-7-19(8-6-17)26(27,28)29/h2-8,10,12H,9,11,13-16H2,1H3,(H,30,33). The van der Waals surface area contributed by atoms with Crippen molar-refractivity contribution in [3.05, 3.63) is 71.4 Å². The molecular weight excluding hydrogens is 445 g/mol. The third-order valence-electron chi connectivity index (χ3n) is 7.27. The van der Waals surface area contributed by atoms with Gasteiger partial charge in [0.2, 0.25) is 0 Å². The topological polar surface area (TPSA) is 60.3 Å². The molecule has 3 aliphatic rings. The van der Waals surface area contributed by atoms with Crippen LogP contribution in [0.3, 0.4) is 0 Å². The highest BCUT2D eigenvalue weighted by Gasteiger charge is 2.67. The molecule has 1 heterocycles. The lowest BCUT2D eigenvalue weighted by molar-refractivity contribution is -0.162. The van der Waals surface area contributed by atoms with E-state index in [4.69, 9.17) is 4.74 Å². The summed E-state index contributed by atoms with van der Waals surface area (Å²) in [5.74, 6) is -0.359. The van der Waals surface area contributed by atoms with E-state index in [1.54, 1.807) is 6.07 Å². The van der Waals surface area contributed by atoms with Crippen LogP contribution in [0.25, 0.3) is 10.9 Å². The molecule has 6 rings (SSSR count). The summed E-state index contributed by atoms with van der Waals surface area (Å²) in [6, 6.07) is 12.5. The van der Waals surface area contributed by atoms with Gasteiger partial charge in [0.05, 0.1) is 23.8 Å². The minimum atomic E-state index is -4.37. The first-order chi connectivity index (χ1) is 16.1. The molecule has 0 radical (unpaired) electrons. The molecule has 5 nitrogen and oxygen atoms in total. The molecule has 0 aliphatic heterocycles. The molecule has 1 N–H and O–H groups in total. The molecular formula is C26H25F3N2O3. The van der Waals surface area contributed by atoms with E-state index in [0.717, 1.165) is 48.7 Å². The fourth-order valence-electron chi connectivity index (χ4n) is 5.75. The highest BCUT2D eigenvalue weighted by atomic mass is 19.4. The van der Waals surface area contributed by atoms with Gasteiger partial charge in [-0.3, -0.25) is 9.59 Å². The van der Waals surface area contributed by atoms with E-state index in [1.165, 1.54) is 19.2 Å². The third kappa shape index (κ3) is 3.95. The number of halogens is 3. The second-order valence-corrected chi connectivity index (χ2v) is 9.72. The maximum absolute atomic E-state index is 13.2. The molecule has 2 aromatic carbocycles. The molecule has 3 aliphatic carbocycles. The van der Waals surface area contributed by atoms with Crippen molar-refractivity contribution in [2.75, 3.05) is 7.11 Å². The van der Waals surface area contributed by atoms with Crippen molar-refractivity contribution in [2.45, 2.75) is 50.4 Å². The van der Waals surface area contributed by atoms with E-state index in [0.29, 0.717) is 24.1 Å². The lowest BCUT2D eigenvalue weighted by Crippen LogP contribution is -2.74. The molecule has 3 saturated carbocycles. The van der Waals surface area contributed by atoms with Crippen molar-refractivity contribution in [2.24, 2.45) is 5.41 Å². The average Bonchev–Trinajstić information content (AvgIpc) is 3.16. The summed E-state index contributed by atoms with van der Waals surface area (Å²) >= 11 is 0. The number of hydrogen-bond donors (Lipinski definition) is 1. The van der Waals surface area contributed by atoms with Gasteiger partial charge in [-0.1, -0.05) is 24.3 Å². The first-order valence-corrected chi connectivity index (χ1v) is 11.3. The van der Waals surface area contributed by atoms with Gasteiger partial charge in [-0.25, -0.2) is 0 Å². The van der Waals surface area contributed by atoms with Crippen molar-refractivity contribution in [1.29, 1.82) is 0 Å². The van der Waals surface area contributed by atoms with Gasteiger partial charge in [-0.2, -0.15) is 13.2 Å². The number of hydrogen-bond acceptors (Lipinski definition) is 3. The predicted molar refractivity (Wildman–Crippen MR) is 120 cm³/mol. The molecule has 8 heteroatoms. The second-order valence-electron chi connectivity index (χ2n) is 9.72. The number of carbonyl (C=O) groups excluding carboxylic acids is 2. The van der Waals surface area contributed by atoms with E-state index >= 15 is 0 Å². The molecule has 0 atom stereocenters. The fourth-order valence-corrected chi connectivity index (χ4v) is 5.75. The van der Waals surface area contributed by atoms with Crippen LogP contribution in [0, 0.1) is 5.41 Å². The van der Waals surface area contributed by atoms with Gasteiger partial charge in [-0.05, 0) is 60.9 Å². The van der Waals surface area contributed by atoms with Gasteiger partial charge in [0, 0.05) is 30.1 Å². The van der Waals surface area contributed by atoms with Gasteiger partial charge in [0.1, 0.15) is 0 Å². The SMILES string of the molecule is COC(=O)CCC12CC(NC(=O)c3cccc4ccn(Cc5ccc(C(F)(F)F)cc5)c34)(C1)C2. The first kappa shape index (κ1) is 22.5. The van der Waals surface area contributed by atoms with Crippen LogP contribution >= 0.6 is 0 Å². The number of ether oxygens (including phenoxy) is 1. The Balaban J connectivity index is 1.30. The molecule has 0 spiro atoms. The molecule has 3 aromatic rings. The van der Waals surface area contributed by atoms with E-state index in [1.807, 2.05) is 29.0 Å². The molecule has 1 amide bonds. The summed E-state index contributed by atoms with van der Waals surface area (Å²) in [5.41, 5.74) is 1.26. The largest absolute Gasteiger partial charge is 0.469 e. The zero-order valence-electron chi connectivity index (χ0n) is 18.7. The Bertz CT molecular complexity index is 1240. The van der Waals surface area contributed by atoms with Crippen LogP contribution in [-0.2, 0) is 22.3 Å². The van der Waals surface area contributed by atoms with E-state index in [2.05, 4.69) is 5.32 Å². The summed E-state index contributed by atoms with van der Waals surface area (Å²) in [7, 11) is 1.39. The highest BCUT2D eigenvalue weighted by Crippen LogP contribution is 2.69. The number of carbonyl (C=O) groups is 2. The molecule has 0 saturated heterocycles. The number of methoxy groups -OCH3 is 1. The lowest BCUT2D eigenvalue weighted by Gasteiger charge is -2.71. The maximum Gasteiger partial charge on any atom is 0.416 e. The number of aromatic nitrogens is 1. The van der Waals surface area contributed by atoms with E-state index in [-0.39, 0.29) is 22.8 Å². The number of alkyl halides is 3. The first-order valence-electron chi connectivity index (χ1n) is 11.3. The molecule has 178 valence electrons. The van der Waals surface area contributed by atoms with Gasteiger partial charge in [0.15, 0.2) is 0 Å². The summed E-state index contributed by atoms with van der Waals surface area (Å²) in [6.07, 6.45) is 1.26. The van der Waals surface area contributed by atoms with Gasteiger partial charge in [0.25, 0.3) is 5.91 Å². The quantitative estimate of drug-likeness (QED) is 0.476. The zero-order valence-corrected chi connectivity index (χ0v) is 18.7. The van der Waals surface area contributed by atoms with Crippen LogP contribution in [0.15, 0.2) is 54.7 Å². The fraction of sp³-hybridized carbons (Fsp3) is 0.385. The Labute approximate surface area is 194 Å². The number of benzene rings is 2. The van der Waals surface area contributed by atoms with Gasteiger partial charge in [-0.15, -0.1) is 0 Å². The number of rotatable bonds is 7. The zero-order chi connectivity index (χ0) is 24.1. The van der Waals surface area contributed by atoms with Crippen molar-refractivity contribution >= 4 is 22.8 Å². The summed E-state index contributed by atoms with van der Waals surface area (Å²) in [5, 5.41) is 4.10. The predicted octanol–water partition coefficient (Wildman–Crippen LogP) is 5.31. The normalized spacial score (nSPS) is 23.2. The Morgan fingerprint density at radius 2 is 1.76 bits per heavy atom. The Morgan fingerprint density at radius 1 is 1.06 bits per heavy atom. The average molecular weight is 470 g/mol. The van der Waals surface area contributed by atoms with Crippen LogP contribution < -0.4 is 5.32 Å². The summed E-state index contributed by atoms with van der Waals surface area (Å²) in [4.78, 5) is 24.7. The minimum Gasteiger partial charge on any atom is -0.469 e. The summed E-state index contributed by atoms with van der Waals surface area (Å²) in [6.45, 7) is 0.355. The number of esters is 1. The minimum absolute atomic E-state index is 0.135. The Hall–Kier alpha value is -3.29. The van der Waals surface area contributed by atoms with E-state index < -0.39 is 11.7 Å². The molecule has 2 bridgehead atoms. The van der Waals surface area contributed by atoms with Crippen molar-refractivity contribution in [3.8, 4) is 0 Å². The monoisotopic (exact) mass is 470 g/mol. The lowest BCUT2D eigenvalue weighted by atomic mass is 9.38. The molecule has 34 heavy (non-hydrogen) atoms. The van der Waals surface area contributed by atoms with Crippen LogP contribution in [-0.4, -0.2) is 29.1 Å². The number of fused-ring (bicyclic) bond motifs is 1. The Morgan fingerprint density at radius 3 is 2.41 bits per heavy atom. The molecule has 0 unspecified atom stereocenters. The van der Waals surface area contributed by atoms with Crippen molar-refractivity contribution < 1.29 is 27.5 Å². The van der Waals surface area contributed by atoms with E-state index in [9.17, 15) is 22.8 Å². The smallest absolute Gasteiger partial charge is 0.416 e. The van der Waals surface area contributed by atoms with Crippen LogP contribution in [0.5, 0.6) is 0 Å². The highest BCUT2D eigenvalue weighted by molar-refractivity contribution is 6.06.